The van der Waals surface area contributed by atoms with E-state index in [9.17, 15) is 9.59 Å². The molecule has 0 saturated carbocycles. The van der Waals surface area contributed by atoms with Crippen molar-refractivity contribution in [3.8, 4) is 0 Å². The maximum absolute atomic E-state index is 13.0. The van der Waals surface area contributed by atoms with E-state index in [2.05, 4.69) is 22.0 Å². The SMILES string of the molecule is CC(C)(C)OC(=O)N1CCN(C(=O)N2CCSc3cccc(Br)c3C2)CC1. The topological polar surface area (TPSA) is 53.1 Å². The third-order valence-corrected chi connectivity index (χ3v) is 6.34. The Morgan fingerprint density at radius 2 is 1.70 bits per heavy atom. The Hall–Kier alpha value is -1.41. The molecular formula is C19H26BrN3O3S. The van der Waals surface area contributed by atoms with E-state index >= 15 is 0 Å². The predicted molar refractivity (Wildman–Crippen MR) is 110 cm³/mol. The number of fused-ring (bicyclic) bond motifs is 1. The molecule has 0 N–H and O–H groups in total. The Labute approximate surface area is 173 Å². The van der Waals surface area contributed by atoms with Crippen molar-refractivity contribution in [3.63, 3.8) is 0 Å². The van der Waals surface area contributed by atoms with Gasteiger partial charge in [0.1, 0.15) is 5.60 Å². The van der Waals surface area contributed by atoms with Crippen LogP contribution in [0.15, 0.2) is 27.6 Å². The standard InChI is InChI=1S/C19H26BrN3O3S/c1-19(2,3)26-18(25)22-9-7-21(8-10-22)17(24)23-11-12-27-16-6-4-5-15(20)14(16)13-23/h4-6H,7-13H2,1-3H3. The van der Waals surface area contributed by atoms with Gasteiger partial charge in [-0.3, -0.25) is 0 Å². The summed E-state index contributed by atoms with van der Waals surface area (Å²) < 4.78 is 6.47. The maximum Gasteiger partial charge on any atom is 0.410 e. The van der Waals surface area contributed by atoms with Gasteiger partial charge in [-0.1, -0.05) is 22.0 Å². The second-order valence-corrected chi connectivity index (χ2v) is 9.71. The van der Waals surface area contributed by atoms with E-state index in [4.69, 9.17) is 4.74 Å². The molecule has 27 heavy (non-hydrogen) atoms. The van der Waals surface area contributed by atoms with Gasteiger partial charge in [-0.25, -0.2) is 9.59 Å². The zero-order valence-electron chi connectivity index (χ0n) is 16.0. The van der Waals surface area contributed by atoms with Crippen LogP contribution in [-0.2, 0) is 11.3 Å². The van der Waals surface area contributed by atoms with E-state index in [-0.39, 0.29) is 12.1 Å². The van der Waals surface area contributed by atoms with Gasteiger partial charge in [0, 0.05) is 54.4 Å². The number of rotatable bonds is 0. The van der Waals surface area contributed by atoms with Crippen LogP contribution >= 0.6 is 27.7 Å². The van der Waals surface area contributed by atoms with Gasteiger partial charge in [-0.2, -0.15) is 0 Å². The normalized spacial score (nSPS) is 18.0. The van der Waals surface area contributed by atoms with Gasteiger partial charge < -0.3 is 19.4 Å². The summed E-state index contributed by atoms with van der Waals surface area (Å²) in [5, 5.41) is 0. The van der Waals surface area contributed by atoms with Crippen molar-refractivity contribution >= 4 is 39.8 Å². The van der Waals surface area contributed by atoms with Crippen molar-refractivity contribution < 1.29 is 14.3 Å². The van der Waals surface area contributed by atoms with Gasteiger partial charge in [-0.05, 0) is 38.5 Å². The van der Waals surface area contributed by atoms with E-state index in [1.807, 2.05) is 42.7 Å². The average molecular weight is 456 g/mol. The average Bonchev–Trinajstić information content (AvgIpc) is 2.83. The summed E-state index contributed by atoms with van der Waals surface area (Å²) in [6.45, 7) is 8.97. The molecular weight excluding hydrogens is 430 g/mol. The summed E-state index contributed by atoms with van der Waals surface area (Å²) in [4.78, 5) is 31.9. The fourth-order valence-corrected chi connectivity index (χ4v) is 4.81. The molecule has 148 valence electrons. The molecule has 1 fully saturated rings. The van der Waals surface area contributed by atoms with Crippen LogP contribution in [-0.4, -0.2) is 70.9 Å². The molecule has 2 aliphatic heterocycles. The van der Waals surface area contributed by atoms with Gasteiger partial charge in [-0.15, -0.1) is 11.8 Å². The Balaban J connectivity index is 1.59. The quantitative estimate of drug-likeness (QED) is 0.592. The molecule has 0 unspecified atom stereocenters. The fraction of sp³-hybridized carbons (Fsp3) is 0.579. The number of nitrogens with zero attached hydrogens (tertiary/aromatic N) is 3. The summed E-state index contributed by atoms with van der Waals surface area (Å²) in [5.41, 5.74) is 0.662. The van der Waals surface area contributed by atoms with Crippen LogP contribution in [0, 0.1) is 0 Å². The first-order chi connectivity index (χ1) is 12.7. The predicted octanol–water partition coefficient (Wildman–Crippen LogP) is 4.03. The lowest BCUT2D eigenvalue weighted by Crippen LogP contribution is -2.54. The Kier molecular flexibility index (Phi) is 6.25. The minimum Gasteiger partial charge on any atom is -0.444 e. The fourth-order valence-electron chi connectivity index (χ4n) is 3.13. The lowest BCUT2D eigenvalue weighted by Gasteiger charge is -2.37. The van der Waals surface area contributed by atoms with E-state index in [0.717, 1.165) is 16.8 Å². The smallest absolute Gasteiger partial charge is 0.410 e. The lowest BCUT2D eigenvalue weighted by molar-refractivity contribution is 0.0157. The second kappa shape index (κ2) is 8.31. The van der Waals surface area contributed by atoms with Crippen LogP contribution in [0.1, 0.15) is 26.3 Å². The third-order valence-electron chi connectivity index (χ3n) is 4.52. The van der Waals surface area contributed by atoms with Crippen molar-refractivity contribution in [2.24, 2.45) is 0 Å². The molecule has 8 heteroatoms. The van der Waals surface area contributed by atoms with Crippen molar-refractivity contribution in [2.45, 2.75) is 37.8 Å². The zero-order valence-corrected chi connectivity index (χ0v) is 18.4. The highest BCUT2D eigenvalue weighted by Crippen LogP contribution is 2.32. The van der Waals surface area contributed by atoms with Crippen LogP contribution in [0.2, 0.25) is 0 Å². The van der Waals surface area contributed by atoms with E-state index in [0.29, 0.717) is 32.7 Å². The number of thioether (sulfide) groups is 1. The van der Waals surface area contributed by atoms with E-state index in [1.54, 1.807) is 16.7 Å². The number of hydrogen-bond acceptors (Lipinski definition) is 4. The minimum absolute atomic E-state index is 0.0445. The highest BCUT2D eigenvalue weighted by molar-refractivity contribution is 9.10. The van der Waals surface area contributed by atoms with Crippen molar-refractivity contribution in [3.05, 3.63) is 28.2 Å². The molecule has 0 radical (unpaired) electrons. The summed E-state index contributed by atoms with van der Waals surface area (Å²) in [5.74, 6) is 0.882. The second-order valence-electron chi connectivity index (χ2n) is 7.72. The molecule has 3 amide bonds. The Morgan fingerprint density at radius 3 is 2.37 bits per heavy atom. The zero-order chi connectivity index (χ0) is 19.6. The van der Waals surface area contributed by atoms with Crippen LogP contribution in [0.25, 0.3) is 0 Å². The molecule has 3 rings (SSSR count). The van der Waals surface area contributed by atoms with E-state index in [1.165, 1.54) is 10.5 Å². The molecule has 2 heterocycles. The summed E-state index contributed by atoms with van der Waals surface area (Å²) in [6.07, 6.45) is -0.307. The summed E-state index contributed by atoms with van der Waals surface area (Å²) in [7, 11) is 0. The number of halogens is 1. The van der Waals surface area contributed by atoms with Crippen molar-refractivity contribution in [1.82, 2.24) is 14.7 Å². The first kappa shape index (κ1) is 20.3. The number of piperazine rings is 1. The highest BCUT2D eigenvalue weighted by Gasteiger charge is 2.30. The maximum atomic E-state index is 13.0. The van der Waals surface area contributed by atoms with Gasteiger partial charge >= 0.3 is 12.1 Å². The molecule has 0 aliphatic carbocycles. The Bertz CT molecular complexity index is 715. The molecule has 1 saturated heterocycles. The molecule has 1 aromatic carbocycles. The molecule has 1 aromatic rings. The lowest BCUT2D eigenvalue weighted by atomic mass is 10.2. The van der Waals surface area contributed by atoms with Crippen molar-refractivity contribution in [1.29, 1.82) is 0 Å². The summed E-state index contributed by atoms with van der Waals surface area (Å²) in [6, 6.07) is 6.21. The monoisotopic (exact) mass is 455 g/mol. The molecule has 0 spiro atoms. The van der Waals surface area contributed by atoms with Gasteiger partial charge in [0.05, 0.1) is 0 Å². The molecule has 0 bridgehead atoms. The molecule has 0 atom stereocenters. The van der Waals surface area contributed by atoms with Gasteiger partial charge in [0.15, 0.2) is 0 Å². The van der Waals surface area contributed by atoms with Crippen LogP contribution < -0.4 is 0 Å². The number of urea groups is 1. The summed E-state index contributed by atoms with van der Waals surface area (Å²) >= 11 is 5.40. The largest absolute Gasteiger partial charge is 0.444 e. The first-order valence-corrected chi connectivity index (χ1v) is 10.9. The minimum atomic E-state index is -0.505. The van der Waals surface area contributed by atoms with Gasteiger partial charge in [0.2, 0.25) is 0 Å². The molecule has 6 nitrogen and oxygen atoms in total. The number of ether oxygens (including phenoxy) is 1. The van der Waals surface area contributed by atoms with Crippen LogP contribution in [0.4, 0.5) is 9.59 Å². The molecule has 0 aromatic heterocycles. The third kappa shape index (κ3) is 5.10. The number of benzene rings is 1. The number of amides is 3. The van der Waals surface area contributed by atoms with E-state index < -0.39 is 5.60 Å². The first-order valence-electron chi connectivity index (χ1n) is 9.16. The molecule has 2 aliphatic rings. The number of carbonyl (C=O) groups excluding carboxylic acids is 2. The number of hydrogen-bond donors (Lipinski definition) is 0. The Morgan fingerprint density at radius 1 is 1.04 bits per heavy atom. The number of carbonyl (C=O) groups is 2. The van der Waals surface area contributed by atoms with Crippen molar-refractivity contribution in [2.75, 3.05) is 38.5 Å². The van der Waals surface area contributed by atoms with Crippen LogP contribution in [0.5, 0.6) is 0 Å². The van der Waals surface area contributed by atoms with Gasteiger partial charge in [0.25, 0.3) is 0 Å². The van der Waals surface area contributed by atoms with Crippen LogP contribution in [0.3, 0.4) is 0 Å². The highest BCUT2D eigenvalue weighted by atomic mass is 79.9.